The molecule has 2 N–H and O–H groups in total. The highest BCUT2D eigenvalue weighted by molar-refractivity contribution is 9.10. The zero-order chi connectivity index (χ0) is 19.9. The normalized spacial score (nSPS) is 10.6. The standard InChI is InChI=1S/C21H15BrN2O4/c22-16-9-7-15(8-10-16)21(27)28-17-11-5-14(6-12-17)13-23-24-20(26)18-3-1-2-4-19(18)25/h1-13,25H,(H,24,26). The Bertz CT molecular complexity index is 1020. The average molecular weight is 439 g/mol. The Morgan fingerprint density at radius 2 is 1.64 bits per heavy atom. The number of halogens is 1. The van der Waals surface area contributed by atoms with Crippen LogP contribution in [-0.4, -0.2) is 23.2 Å². The molecular weight excluding hydrogens is 424 g/mol. The van der Waals surface area contributed by atoms with Crippen LogP contribution >= 0.6 is 15.9 Å². The van der Waals surface area contributed by atoms with Crippen molar-refractivity contribution in [3.05, 3.63) is 94.0 Å². The molecule has 0 aliphatic carbocycles. The van der Waals surface area contributed by atoms with E-state index in [1.165, 1.54) is 18.3 Å². The third-order valence-corrected chi connectivity index (χ3v) is 4.23. The minimum atomic E-state index is -0.519. The second-order valence-electron chi connectivity index (χ2n) is 5.68. The monoisotopic (exact) mass is 438 g/mol. The second kappa shape index (κ2) is 8.96. The van der Waals surface area contributed by atoms with Crippen molar-refractivity contribution in [1.29, 1.82) is 0 Å². The molecule has 1 amide bonds. The molecule has 0 saturated heterocycles. The van der Waals surface area contributed by atoms with E-state index in [0.717, 1.165) is 4.47 Å². The summed E-state index contributed by atoms with van der Waals surface area (Å²) in [6, 6.07) is 19.7. The van der Waals surface area contributed by atoms with Crippen LogP contribution in [0.1, 0.15) is 26.3 Å². The largest absolute Gasteiger partial charge is 0.507 e. The van der Waals surface area contributed by atoms with Crippen LogP contribution < -0.4 is 10.2 Å². The average Bonchev–Trinajstić information content (AvgIpc) is 2.70. The fourth-order valence-corrected chi connectivity index (χ4v) is 2.53. The lowest BCUT2D eigenvalue weighted by Gasteiger charge is -2.05. The van der Waals surface area contributed by atoms with Crippen molar-refractivity contribution in [1.82, 2.24) is 5.43 Å². The van der Waals surface area contributed by atoms with Gasteiger partial charge in [0.15, 0.2) is 0 Å². The molecule has 0 heterocycles. The summed E-state index contributed by atoms with van der Waals surface area (Å²) in [4.78, 5) is 24.0. The number of phenolic OH excluding ortho intramolecular Hbond substituents is 1. The number of ether oxygens (including phenoxy) is 1. The molecule has 7 heteroatoms. The summed E-state index contributed by atoms with van der Waals surface area (Å²) in [7, 11) is 0. The van der Waals surface area contributed by atoms with Crippen molar-refractivity contribution in [2.75, 3.05) is 0 Å². The topological polar surface area (TPSA) is 88.0 Å². The maximum absolute atomic E-state index is 12.1. The van der Waals surface area contributed by atoms with E-state index in [9.17, 15) is 14.7 Å². The van der Waals surface area contributed by atoms with E-state index in [-0.39, 0.29) is 11.3 Å². The van der Waals surface area contributed by atoms with Crippen LogP contribution in [0, 0.1) is 0 Å². The minimum Gasteiger partial charge on any atom is -0.507 e. The highest BCUT2D eigenvalue weighted by Crippen LogP contribution is 2.16. The van der Waals surface area contributed by atoms with Gasteiger partial charge in [0, 0.05) is 4.47 Å². The number of carbonyl (C=O) groups is 2. The number of phenols is 1. The molecule has 0 bridgehead atoms. The smallest absolute Gasteiger partial charge is 0.343 e. The van der Waals surface area contributed by atoms with Crippen LogP contribution in [0.4, 0.5) is 0 Å². The van der Waals surface area contributed by atoms with Crippen molar-refractivity contribution in [2.24, 2.45) is 5.10 Å². The lowest BCUT2D eigenvalue weighted by atomic mass is 10.2. The number of rotatable bonds is 5. The van der Waals surface area contributed by atoms with Gasteiger partial charge in [-0.2, -0.15) is 5.10 Å². The molecule has 0 saturated carbocycles. The Morgan fingerprint density at radius 1 is 0.964 bits per heavy atom. The predicted octanol–water partition coefficient (Wildman–Crippen LogP) is 4.14. The van der Waals surface area contributed by atoms with Gasteiger partial charge in [-0.25, -0.2) is 10.2 Å². The van der Waals surface area contributed by atoms with Crippen LogP contribution in [0.25, 0.3) is 0 Å². The number of para-hydroxylation sites is 1. The molecular formula is C21H15BrN2O4. The molecule has 3 rings (SSSR count). The van der Waals surface area contributed by atoms with E-state index in [2.05, 4.69) is 26.5 Å². The van der Waals surface area contributed by atoms with Gasteiger partial charge >= 0.3 is 5.97 Å². The third-order valence-electron chi connectivity index (χ3n) is 3.70. The maximum atomic E-state index is 12.1. The number of nitrogens with one attached hydrogen (secondary N) is 1. The third kappa shape index (κ3) is 5.05. The van der Waals surface area contributed by atoms with E-state index in [4.69, 9.17) is 4.74 Å². The Morgan fingerprint density at radius 3 is 2.32 bits per heavy atom. The fraction of sp³-hybridized carbons (Fsp3) is 0. The molecule has 0 atom stereocenters. The highest BCUT2D eigenvalue weighted by Gasteiger charge is 2.09. The van der Waals surface area contributed by atoms with Crippen molar-refractivity contribution < 1.29 is 19.4 Å². The van der Waals surface area contributed by atoms with Crippen LogP contribution in [0.5, 0.6) is 11.5 Å². The molecule has 0 radical (unpaired) electrons. The Kier molecular flexibility index (Phi) is 6.18. The zero-order valence-corrected chi connectivity index (χ0v) is 16.1. The highest BCUT2D eigenvalue weighted by atomic mass is 79.9. The van der Waals surface area contributed by atoms with Crippen molar-refractivity contribution in [3.63, 3.8) is 0 Å². The maximum Gasteiger partial charge on any atom is 0.343 e. The molecule has 0 aliphatic rings. The van der Waals surface area contributed by atoms with Gasteiger partial charge in [-0.1, -0.05) is 28.1 Å². The quantitative estimate of drug-likeness (QED) is 0.271. The van der Waals surface area contributed by atoms with E-state index in [0.29, 0.717) is 16.9 Å². The van der Waals surface area contributed by atoms with Crippen LogP contribution in [0.3, 0.4) is 0 Å². The summed E-state index contributed by atoms with van der Waals surface area (Å²) in [5.74, 6) is -0.700. The Balaban J connectivity index is 1.57. The first-order chi connectivity index (χ1) is 13.5. The summed E-state index contributed by atoms with van der Waals surface area (Å²) in [5.41, 5.74) is 3.62. The Labute approximate surface area is 169 Å². The van der Waals surface area contributed by atoms with Crippen molar-refractivity contribution in [2.45, 2.75) is 0 Å². The molecule has 0 aromatic heterocycles. The number of benzene rings is 3. The first-order valence-electron chi connectivity index (χ1n) is 8.22. The number of hydrogen-bond acceptors (Lipinski definition) is 5. The molecule has 6 nitrogen and oxygen atoms in total. The number of nitrogens with zero attached hydrogens (tertiary/aromatic N) is 1. The van der Waals surface area contributed by atoms with Gasteiger partial charge in [0.2, 0.25) is 0 Å². The van der Waals surface area contributed by atoms with E-state index in [1.54, 1.807) is 60.7 Å². The molecule has 0 unspecified atom stereocenters. The SMILES string of the molecule is O=C(Oc1ccc(C=NNC(=O)c2ccccc2O)cc1)c1ccc(Br)cc1. The number of amides is 1. The van der Waals surface area contributed by atoms with Crippen LogP contribution in [0.15, 0.2) is 82.4 Å². The number of aromatic hydroxyl groups is 1. The van der Waals surface area contributed by atoms with Gasteiger partial charge in [-0.05, 0) is 66.2 Å². The van der Waals surface area contributed by atoms with Gasteiger partial charge < -0.3 is 9.84 Å². The summed E-state index contributed by atoms with van der Waals surface area (Å²) >= 11 is 3.31. The first kappa shape index (κ1) is 19.3. The second-order valence-corrected chi connectivity index (χ2v) is 6.60. The zero-order valence-electron chi connectivity index (χ0n) is 14.5. The van der Waals surface area contributed by atoms with Crippen LogP contribution in [-0.2, 0) is 0 Å². The summed E-state index contributed by atoms with van der Waals surface area (Å²) in [6.45, 7) is 0. The first-order valence-corrected chi connectivity index (χ1v) is 9.01. The summed E-state index contributed by atoms with van der Waals surface area (Å²) in [5, 5.41) is 13.5. The van der Waals surface area contributed by atoms with E-state index in [1.807, 2.05) is 0 Å². The Hall–Kier alpha value is -3.45. The molecule has 140 valence electrons. The van der Waals surface area contributed by atoms with Crippen LogP contribution in [0.2, 0.25) is 0 Å². The molecule has 0 spiro atoms. The van der Waals surface area contributed by atoms with Gasteiger partial charge in [-0.15, -0.1) is 0 Å². The van der Waals surface area contributed by atoms with Gasteiger partial charge in [0.25, 0.3) is 5.91 Å². The summed E-state index contributed by atoms with van der Waals surface area (Å²) < 4.78 is 6.19. The molecule has 0 fully saturated rings. The number of hydrazone groups is 1. The lowest BCUT2D eigenvalue weighted by Crippen LogP contribution is -2.17. The predicted molar refractivity (Wildman–Crippen MR) is 109 cm³/mol. The lowest BCUT2D eigenvalue weighted by molar-refractivity contribution is 0.0734. The molecule has 28 heavy (non-hydrogen) atoms. The van der Waals surface area contributed by atoms with Crippen molar-refractivity contribution in [3.8, 4) is 11.5 Å². The van der Waals surface area contributed by atoms with Gasteiger partial charge in [0.1, 0.15) is 11.5 Å². The van der Waals surface area contributed by atoms with Gasteiger partial charge in [-0.3, -0.25) is 4.79 Å². The number of esters is 1. The molecule has 3 aromatic rings. The van der Waals surface area contributed by atoms with Crippen molar-refractivity contribution >= 4 is 34.0 Å². The molecule has 3 aromatic carbocycles. The van der Waals surface area contributed by atoms with E-state index < -0.39 is 11.9 Å². The molecule has 0 aliphatic heterocycles. The van der Waals surface area contributed by atoms with E-state index >= 15 is 0 Å². The minimum absolute atomic E-state index is 0.118. The summed E-state index contributed by atoms with van der Waals surface area (Å²) in [6.07, 6.45) is 1.44. The number of carbonyl (C=O) groups excluding carboxylic acids is 2. The van der Waals surface area contributed by atoms with Gasteiger partial charge in [0.05, 0.1) is 17.3 Å². The number of hydrogen-bond donors (Lipinski definition) is 2. The fourth-order valence-electron chi connectivity index (χ4n) is 2.27.